The second-order valence-corrected chi connectivity index (χ2v) is 37.7. The summed E-state index contributed by atoms with van der Waals surface area (Å²) in [6, 6.07) is 146. The van der Waals surface area contributed by atoms with Crippen LogP contribution in [0.5, 0.6) is 0 Å². The summed E-state index contributed by atoms with van der Waals surface area (Å²) in [5.41, 5.74) is 19.3. The van der Waals surface area contributed by atoms with Crippen molar-refractivity contribution in [1.29, 1.82) is 0 Å². The first-order valence-electron chi connectivity index (χ1n) is 44.7. The lowest BCUT2D eigenvalue weighted by Crippen LogP contribution is -2.29. The lowest BCUT2D eigenvalue weighted by molar-refractivity contribution is 0.424. The van der Waals surface area contributed by atoms with E-state index in [0.29, 0.717) is 77.6 Å². The molecule has 0 aliphatic rings. The van der Waals surface area contributed by atoms with Gasteiger partial charge in [-0.05, 0) is 156 Å². The van der Waals surface area contributed by atoms with E-state index in [2.05, 4.69) is 221 Å². The third-order valence-electron chi connectivity index (χ3n) is 23.4. The lowest BCUT2D eigenvalue weighted by Gasteiger charge is -2.14. The second-order valence-electron chi connectivity index (χ2n) is 32.5. The number of rotatable bonds is 15. The third kappa shape index (κ3) is 20.8. The van der Waals surface area contributed by atoms with Gasteiger partial charge in [-0.2, -0.15) is 9.97 Å². The molecule has 140 heavy (non-hydrogen) atoms. The highest BCUT2D eigenvalue weighted by Gasteiger charge is 2.25. The number of nitrogens with zero attached hydrogens (tertiary/aromatic N) is 9. The van der Waals surface area contributed by atoms with Crippen molar-refractivity contribution in [3.8, 4) is 147 Å². The molecule has 6 heterocycles. The summed E-state index contributed by atoms with van der Waals surface area (Å²) < 4.78 is 7.25. The topological polar surface area (TPSA) is 197 Å². The molecule has 0 bridgehead atoms. The van der Waals surface area contributed by atoms with E-state index in [9.17, 15) is 10.0 Å². The smallest absolute Gasteiger partial charge is 0.423 e. The van der Waals surface area contributed by atoms with E-state index in [0.717, 1.165) is 99.1 Å². The van der Waals surface area contributed by atoms with Crippen LogP contribution in [0.25, 0.3) is 207 Å². The summed E-state index contributed by atoms with van der Waals surface area (Å²) in [6.45, 7) is 0. The Labute approximate surface area is 844 Å². The van der Waals surface area contributed by atoms with Crippen molar-refractivity contribution in [3.05, 3.63) is 462 Å². The molecule has 0 fully saturated rings. The minimum absolute atomic E-state index is 0.187. The zero-order chi connectivity index (χ0) is 95.5. The molecule has 0 atom stereocenters. The van der Waals surface area contributed by atoms with E-state index in [4.69, 9.17) is 98.0 Å². The molecule has 0 spiro atoms. The Balaban J connectivity index is 0.000000121. The lowest BCUT2D eigenvalue weighted by atomic mass is 9.80. The molecule has 24 rings (SSSR count). The quantitative estimate of drug-likeness (QED) is 0.0708. The monoisotopic (exact) mass is 1960 g/mol. The maximum absolute atomic E-state index is 9.31. The predicted molar refractivity (Wildman–Crippen MR) is 586 cm³/mol. The number of halogens is 5. The van der Waals surface area contributed by atoms with Crippen LogP contribution in [-0.2, 0) is 0 Å². The maximum Gasteiger partial charge on any atom is 0.489 e. The molecule has 4 N–H and O–H groups in total. The second kappa shape index (κ2) is 42.6. The Hall–Kier alpha value is -14.9. The fraction of sp³-hybridized carbons (Fsp3) is 0. The average molecular weight is 1970 g/mol. The first-order chi connectivity index (χ1) is 68.6. The zero-order valence-corrected chi connectivity index (χ0v) is 80.4. The van der Waals surface area contributed by atoms with Gasteiger partial charge in [-0.1, -0.05) is 410 Å². The van der Waals surface area contributed by atoms with Gasteiger partial charge in [-0.15, -0.1) is 34.0 Å². The predicted octanol–water partition coefficient (Wildman–Crippen LogP) is 30.4. The van der Waals surface area contributed by atoms with Gasteiger partial charge in [0, 0.05) is 120 Å². The molecule has 24 aromatic rings. The van der Waals surface area contributed by atoms with Crippen molar-refractivity contribution in [1.82, 2.24) is 44.9 Å². The van der Waals surface area contributed by atoms with Crippen LogP contribution in [0.1, 0.15) is 0 Å². The Morgan fingerprint density at radius 2 is 0.429 bits per heavy atom. The van der Waals surface area contributed by atoms with E-state index in [1.54, 1.807) is 23.5 Å². The third-order valence-corrected chi connectivity index (χ3v) is 28.1. The molecule has 18 aromatic carbocycles. The van der Waals surface area contributed by atoms with E-state index in [-0.39, 0.29) is 5.28 Å². The van der Waals surface area contributed by atoms with Gasteiger partial charge in [0.2, 0.25) is 5.28 Å². The van der Waals surface area contributed by atoms with Gasteiger partial charge < -0.3 is 20.1 Å². The molecule has 672 valence electrons. The van der Waals surface area contributed by atoms with Gasteiger partial charge >= 0.3 is 14.2 Å². The van der Waals surface area contributed by atoms with Gasteiger partial charge in [-0.3, -0.25) is 0 Å². The molecule has 13 nitrogen and oxygen atoms in total. The summed E-state index contributed by atoms with van der Waals surface area (Å²) in [6.07, 6.45) is 0. The van der Waals surface area contributed by atoms with Crippen LogP contribution in [0, 0.1) is 0 Å². The van der Waals surface area contributed by atoms with E-state index >= 15 is 0 Å². The molecule has 0 radical (unpaired) electrons. The number of benzene rings is 18. The van der Waals surface area contributed by atoms with Gasteiger partial charge in [-0.25, -0.2) is 34.9 Å². The number of fused-ring (bicyclic) bond motifs is 9. The molecule has 0 saturated carbocycles. The standard InChI is InChI=1S/C51H31N3S2.C27H17Cl2N3.C21H14ClN3.C12H9BO2S.C6H5BCl2O2/c1-3-15-32(16-4-1)37-19-7-8-22-44(37)51-53-49(33-17-5-2-6-18-33)52-50(54-51)36-30-34(38-23-13-25-42-40-20-9-11-27-45(40)55-47(38)42)29-35(31-36)39-24-14-26-43-41-21-10-12-28-46(41)56-48(39)43;28-21-15-20(16-22(29)17-21)26-30-25(19-11-5-2-6-12-19)31-27(32-26)24-14-8-7-13-23(24)18-9-3-1-4-10-18;22-21-24-19(16-11-5-2-6-12-16)23-20(25-21)18-14-8-7-13-17(18)15-9-3-1-4-10-15;14-13(15)10-6-3-5-9-8-4-1-2-7-11(8)16-12(9)10;8-5-1-4(7(10)11)2-6(9)3-5/h1-31H;1-17H;1-14H;1-7,14-15H;1-3,10-11H. The molecule has 6 aromatic heterocycles. The highest BCUT2D eigenvalue weighted by atomic mass is 35.5. The van der Waals surface area contributed by atoms with Crippen LogP contribution in [0.4, 0.5) is 0 Å². The normalized spacial score (nSPS) is 11.0. The van der Waals surface area contributed by atoms with E-state index < -0.39 is 14.2 Å². The van der Waals surface area contributed by atoms with Crippen molar-refractivity contribution < 1.29 is 20.1 Å². The first kappa shape index (κ1) is 92.8. The Bertz CT molecular complexity index is 8450. The number of thiophene rings is 3. The van der Waals surface area contributed by atoms with Gasteiger partial charge in [0.05, 0.1) is 0 Å². The Kier molecular flexibility index (Phi) is 28.2. The minimum atomic E-state index is -1.52. The molecule has 0 unspecified atom stereocenters. The number of hydrogen-bond acceptors (Lipinski definition) is 16. The van der Waals surface area contributed by atoms with Crippen LogP contribution >= 0.6 is 92.0 Å². The average Bonchev–Trinajstić information content (AvgIpc) is 1.55. The van der Waals surface area contributed by atoms with Crippen LogP contribution in [0.15, 0.2) is 437 Å². The molecular weight excluding hydrogens is 1890 g/mol. The highest BCUT2D eigenvalue weighted by molar-refractivity contribution is 7.27. The number of hydrogen-bond donors (Lipinski definition) is 4. The van der Waals surface area contributed by atoms with Crippen LogP contribution in [0.2, 0.25) is 25.4 Å². The fourth-order valence-corrected chi connectivity index (χ4v) is 21.8. The van der Waals surface area contributed by atoms with Crippen LogP contribution in [-0.4, -0.2) is 79.2 Å². The van der Waals surface area contributed by atoms with Crippen LogP contribution < -0.4 is 10.9 Å². The van der Waals surface area contributed by atoms with Crippen molar-refractivity contribution >= 4 is 178 Å². The number of aromatic nitrogens is 9. The summed E-state index contributed by atoms with van der Waals surface area (Å²) in [4.78, 5) is 43.4. The molecule has 0 aliphatic heterocycles. The summed E-state index contributed by atoms with van der Waals surface area (Å²) >= 11 is 35.2. The Morgan fingerprint density at radius 3 is 0.793 bits per heavy atom. The molecular formula is C117H76B2Cl5N9O4S3. The zero-order valence-electron chi connectivity index (χ0n) is 74.2. The molecule has 0 saturated heterocycles. The van der Waals surface area contributed by atoms with Gasteiger partial charge in [0.15, 0.2) is 46.6 Å². The van der Waals surface area contributed by atoms with Crippen molar-refractivity contribution in [2.24, 2.45) is 0 Å². The molecule has 0 amide bonds. The van der Waals surface area contributed by atoms with Gasteiger partial charge in [0.25, 0.3) is 0 Å². The SMILES string of the molecule is Clc1cc(Cl)cc(-c2nc(-c3ccccc3)nc(-c3ccccc3-c3ccccc3)n2)c1.Clc1nc(-c2ccccc2)nc(-c2ccccc2-c2ccccc2)n1.OB(O)c1cc(Cl)cc(Cl)c1.OB(O)c1cccc2c1sc1ccccc12.c1ccc(-c2nc(-c3cc(-c4cccc5c4sc4ccccc45)cc(-c4cccc5c4sc4ccccc45)c3)nc(-c3ccccc3-c3ccccc3)n2)cc1. The maximum atomic E-state index is 9.31. The minimum Gasteiger partial charge on any atom is -0.423 e. The van der Waals surface area contributed by atoms with E-state index in [1.807, 2.05) is 223 Å². The summed E-state index contributed by atoms with van der Waals surface area (Å²) in [5.74, 6) is 4.73. The van der Waals surface area contributed by atoms with E-state index in [1.165, 1.54) is 79.8 Å². The van der Waals surface area contributed by atoms with Crippen molar-refractivity contribution in [3.63, 3.8) is 0 Å². The molecule has 0 aliphatic carbocycles. The van der Waals surface area contributed by atoms with Crippen molar-refractivity contribution in [2.45, 2.75) is 0 Å². The van der Waals surface area contributed by atoms with Crippen LogP contribution in [0.3, 0.4) is 0 Å². The molecule has 23 heteroatoms. The summed E-state index contributed by atoms with van der Waals surface area (Å²) in [5, 5.41) is 45.4. The largest absolute Gasteiger partial charge is 0.489 e. The van der Waals surface area contributed by atoms with Crippen molar-refractivity contribution in [2.75, 3.05) is 0 Å². The van der Waals surface area contributed by atoms with Gasteiger partial charge in [0.1, 0.15) is 0 Å². The first-order valence-corrected chi connectivity index (χ1v) is 49.0. The summed E-state index contributed by atoms with van der Waals surface area (Å²) in [7, 11) is -2.93. The highest BCUT2D eigenvalue weighted by Crippen LogP contribution is 2.47. The fourth-order valence-electron chi connectivity index (χ4n) is 16.9. The Morgan fingerprint density at radius 1 is 0.179 bits per heavy atom.